The van der Waals surface area contributed by atoms with E-state index in [0.717, 1.165) is 28.7 Å². The predicted octanol–water partition coefficient (Wildman–Crippen LogP) is 4.56. The van der Waals surface area contributed by atoms with E-state index in [2.05, 4.69) is 20.0 Å². The number of anilines is 1. The molecular weight excluding hydrogens is 441 g/mol. The number of nitrogens with one attached hydrogen (secondary N) is 2. The number of fused-ring (bicyclic) bond motifs is 2. The number of nitrogens with zero attached hydrogens (tertiary/aromatic N) is 3. The molecule has 4 aromatic heterocycles. The lowest BCUT2D eigenvalue weighted by atomic mass is 10.1. The van der Waals surface area contributed by atoms with Crippen molar-refractivity contribution in [2.45, 2.75) is 4.21 Å². The number of carbonyl (C=O) groups is 1. The Morgan fingerprint density at radius 3 is 2.84 bits per heavy atom. The van der Waals surface area contributed by atoms with Crippen LogP contribution in [0.1, 0.15) is 0 Å². The van der Waals surface area contributed by atoms with Gasteiger partial charge >= 0.3 is 6.03 Å². The SMILES string of the molecule is O=C(NSc1ccc(F)s1)Nc1ccc(-n2ccc3cc4ncoc4cc3c2=O)nc1. The third-order valence-electron chi connectivity index (χ3n) is 4.40. The van der Waals surface area contributed by atoms with E-state index < -0.39 is 6.03 Å². The molecule has 0 spiro atoms. The molecule has 2 N–H and O–H groups in total. The number of thiophene rings is 1. The van der Waals surface area contributed by atoms with Crippen LogP contribution in [0, 0.1) is 5.13 Å². The first-order chi connectivity index (χ1) is 15.1. The number of carbonyl (C=O) groups excluding carboxylic acids is 1. The van der Waals surface area contributed by atoms with Gasteiger partial charge in [0.15, 0.2) is 17.1 Å². The van der Waals surface area contributed by atoms with Gasteiger partial charge in [-0.2, -0.15) is 4.39 Å². The Hall–Kier alpha value is -3.70. The van der Waals surface area contributed by atoms with Gasteiger partial charge in [-0.25, -0.2) is 14.8 Å². The molecule has 0 bridgehead atoms. The van der Waals surface area contributed by atoms with Crippen molar-refractivity contribution in [1.29, 1.82) is 0 Å². The number of amides is 2. The summed E-state index contributed by atoms with van der Waals surface area (Å²) in [6.07, 6.45) is 4.42. The summed E-state index contributed by atoms with van der Waals surface area (Å²) in [5.74, 6) is 0.402. The van der Waals surface area contributed by atoms with Crippen molar-refractivity contribution >= 4 is 56.9 Å². The third kappa shape index (κ3) is 3.88. The van der Waals surface area contributed by atoms with Gasteiger partial charge in [-0.1, -0.05) is 11.3 Å². The number of urea groups is 1. The van der Waals surface area contributed by atoms with Gasteiger partial charge in [-0.15, -0.1) is 0 Å². The number of oxazole rings is 1. The van der Waals surface area contributed by atoms with Gasteiger partial charge in [0.1, 0.15) is 11.3 Å². The minimum absolute atomic E-state index is 0.249. The molecular formula is C20H12FN5O3S2. The Kier molecular flexibility index (Phi) is 4.88. The van der Waals surface area contributed by atoms with Crippen molar-refractivity contribution in [1.82, 2.24) is 19.3 Å². The van der Waals surface area contributed by atoms with E-state index in [0.29, 0.717) is 32.2 Å². The summed E-state index contributed by atoms with van der Waals surface area (Å²) in [6.45, 7) is 0. The first-order valence-electron chi connectivity index (χ1n) is 8.91. The van der Waals surface area contributed by atoms with Crippen molar-refractivity contribution in [2.75, 3.05) is 5.32 Å². The zero-order valence-corrected chi connectivity index (χ0v) is 17.2. The Bertz CT molecular complexity index is 1480. The molecule has 1 aromatic carbocycles. The normalized spacial score (nSPS) is 11.1. The summed E-state index contributed by atoms with van der Waals surface area (Å²) in [4.78, 5) is 33.3. The minimum atomic E-state index is -0.479. The Labute approximate surface area is 181 Å². The zero-order valence-electron chi connectivity index (χ0n) is 15.5. The molecule has 0 aliphatic carbocycles. The van der Waals surface area contributed by atoms with Gasteiger partial charge in [0.25, 0.3) is 5.56 Å². The number of aromatic nitrogens is 3. The molecule has 0 unspecified atom stereocenters. The smallest absolute Gasteiger partial charge is 0.329 e. The molecule has 0 saturated carbocycles. The van der Waals surface area contributed by atoms with Crippen LogP contribution in [0.15, 0.2) is 74.7 Å². The second-order valence-electron chi connectivity index (χ2n) is 6.37. The fourth-order valence-electron chi connectivity index (χ4n) is 2.98. The van der Waals surface area contributed by atoms with Crippen LogP contribution in [0.2, 0.25) is 0 Å². The van der Waals surface area contributed by atoms with Crippen molar-refractivity contribution in [3.05, 3.63) is 76.7 Å². The molecule has 4 heterocycles. The molecule has 0 aliphatic rings. The van der Waals surface area contributed by atoms with Crippen LogP contribution in [0.4, 0.5) is 14.9 Å². The first kappa shape index (κ1) is 19.3. The molecule has 5 rings (SSSR count). The molecule has 0 atom stereocenters. The largest absolute Gasteiger partial charge is 0.443 e. The molecule has 0 radical (unpaired) electrons. The van der Waals surface area contributed by atoms with Crippen molar-refractivity contribution in [3.8, 4) is 5.82 Å². The molecule has 31 heavy (non-hydrogen) atoms. The van der Waals surface area contributed by atoms with E-state index in [9.17, 15) is 14.0 Å². The van der Waals surface area contributed by atoms with E-state index >= 15 is 0 Å². The highest BCUT2D eigenvalue weighted by atomic mass is 32.2. The van der Waals surface area contributed by atoms with Crippen LogP contribution in [0.3, 0.4) is 0 Å². The van der Waals surface area contributed by atoms with Gasteiger partial charge < -0.3 is 9.73 Å². The maximum absolute atomic E-state index is 13.0. The summed E-state index contributed by atoms with van der Waals surface area (Å²) in [5.41, 5.74) is 1.40. The van der Waals surface area contributed by atoms with Crippen LogP contribution in [-0.2, 0) is 0 Å². The summed E-state index contributed by atoms with van der Waals surface area (Å²) in [7, 11) is 0. The molecule has 0 aliphatic heterocycles. The van der Waals surface area contributed by atoms with Gasteiger partial charge in [0.05, 0.1) is 21.5 Å². The summed E-state index contributed by atoms with van der Waals surface area (Å²) in [5, 5.41) is 3.54. The average molecular weight is 453 g/mol. The second kappa shape index (κ2) is 7.85. The fraction of sp³-hybridized carbons (Fsp3) is 0. The van der Waals surface area contributed by atoms with E-state index in [1.165, 1.54) is 23.2 Å². The molecule has 11 heteroatoms. The van der Waals surface area contributed by atoms with Gasteiger partial charge in [0, 0.05) is 6.20 Å². The molecule has 0 saturated heterocycles. The first-order valence-corrected chi connectivity index (χ1v) is 10.5. The van der Waals surface area contributed by atoms with Gasteiger partial charge in [0.2, 0.25) is 0 Å². The summed E-state index contributed by atoms with van der Waals surface area (Å²) in [6, 6.07) is 10.9. The highest BCUT2D eigenvalue weighted by Crippen LogP contribution is 2.24. The topological polar surface area (TPSA) is 102 Å². The molecule has 2 amide bonds. The second-order valence-corrected chi connectivity index (χ2v) is 8.51. The maximum Gasteiger partial charge on any atom is 0.329 e. The number of benzene rings is 1. The molecule has 154 valence electrons. The van der Waals surface area contributed by atoms with Crippen LogP contribution >= 0.6 is 23.3 Å². The number of hydrogen-bond donors (Lipinski definition) is 2. The van der Waals surface area contributed by atoms with E-state index in [1.54, 1.807) is 42.6 Å². The lowest BCUT2D eigenvalue weighted by molar-refractivity contribution is 0.257. The van der Waals surface area contributed by atoms with Crippen molar-refractivity contribution < 1.29 is 13.6 Å². The van der Waals surface area contributed by atoms with E-state index in [1.807, 2.05) is 0 Å². The number of hydrogen-bond acceptors (Lipinski definition) is 7. The van der Waals surface area contributed by atoms with Crippen LogP contribution < -0.4 is 15.6 Å². The van der Waals surface area contributed by atoms with Crippen LogP contribution in [0.5, 0.6) is 0 Å². The quantitative estimate of drug-likeness (QED) is 0.387. The Morgan fingerprint density at radius 1 is 1.16 bits per heavy atom. The van der Waals surface area contributed by atoms with Crippen LogP contribution in [-0.4, -0.2) is 20.6 Å². The van der Waals surface area contributed by atoms with E-state index in [4.69, 9.17) is 4.42 Å². The highest BCUT2D eigenvalue weighted by Gasteiger charge is 2.10. The standard InChI is InChI=1S/C20H12FN5O3S2/c21-16-2-4-18(30-16)31-25-20(28)24-12-1-3-17(22-9-12)26-6-5-11-7-14-15(29-10-23-14)8-13(11)19(26)27/h1-10H,(H2,24,25,28). The average Bonchev–Trinajstić information content (AvgIpc) is 3.40. The number of rotatable bonds is 4. The van der Waals surface area contributed by atoms with E-state index in [-0.39, 0.29) is 10.7 Å². The number of pyridine rings is 2. The van der Waals surface area contributed by atoms with Crippen molar-refractivity contribution in [2.24, 2.45) is 0 Å². The molecule has 5 aromatic rings. The fourth-order valence-corrected chi connectivity index (χ4v) is 4.36. The third-order valence-corrected chi connectivity index (χ3v) is 6.19. The molecule has 0 fully saturated rings. The van der Waals surface area contributed by atoms with Crippen molar-refractivity contribution in [3.63, 3.8) is 0 Å². The highest BCUT2D eigenvalue weighted by molar-refractivity contribution is 7.99. The van der Waals surface area contributed by atoms with Gasteiger partial charge in [-0.3, -0.25) is 14.1 Å². The monoisotopic (exact) mass is 453 g/mol. The molecule has 8 nitrogen and oxygen atoms in total. The summed E-state index contributed by atoms with van der Waals surface area (Å²) < 4.78 is 22.9. The maximum atomic E-state index is 13.0. The lowest BCUT2D eigenvalue weighted by Gasteiger charge is -2.09. The lowest BCUT2D eigenvalue weighted by Crippen LogP contribution is -2.23. The predicted molar refractivity (Wildman–Crippen MR) is 117 cm³/mol. The van der Waals surface area contributed by atoms with Crippen LogP contribution in [0.25, 0.3) is 27.7 Å². The van der Waals surface area contributed by atoms with Gasteiger partial charge in [-0.05, 0) is 59.8 Å². The number of halogens is 1. The summed E-state index contributed by atoms with van der Waals surface area (Å²) >= 11 is 1.95. The minimum Gasteiger partial charge on any atom is -0.443 e. The Balaban J connectivity index is 1.34. The zero-order chi connectivity index (χ0) is 21.4. The Morgan fingerprint density at radius 2 is 2.06 bits per heavy atom.